The van der Waals surface area contributed by atoms with E-state index in [4.69, 9.17) is 9.84 Å². The molecule has 0 radical (unpaired) electrons. The van der Waals surface area contributed by atoms with Crippen LogP contribution in [0.5, 0.6) is 5.75 Å². The van der Waals surface area contributed by atoms with Crippen LogP contribution in [-0.2, 0) is 0 Å². The molecule has 200 valence electrons. The number of hydrogen-bond donors (Lipinski definition) is 0. The van der Waals surface area contributed by atoms with Gasteiger partial charge < -0.3 is 4.74 Å². The zero-order chi connectivity index (χ0) is 27.8. The summed E-state index contributed by atoms with van der Waals surface area (Å²) < 4.78 is 9.77. The SMILES string of the molecule is Cc1ccc(-c2nc3sc(=Cc4cn(-c5ccccc5)nc4-c4ccc(OCC(C)C)c(C)c4)c(=O)n3n2)cc1. The number of para-hydroxylation sites is 1. The van der Waals surface area contributed by atoms with Crippen molar-refractivity contribution >= 4 is 22.4 Å². The lowest BCUT2D eigenvalue weighted by molar-refractivity contribution is 0.269. The molecule has 6 aromatic rings. The van der Waals surface area contributed by atoms with E-state index >= 15 is 0 Å². The standard InChI is InChI=1S/C32H29N5O2S/c1-20(2)19-39-27-15-14-24(16-22(27)4)29-25(18-36(34-29)26-8-6-5-7-9-26)17-28-31(38)37-32(40-28)33-30(35-37)23-12-10-21(3)11-13-23/h5-18,20H,19H2,1-4H3. The number of aromatic nitrogens is 5. The largest absolute Gasteiger partial charge is 0.493 e. The molecule has 0 spiro atoms. The molecule has 0 atom stereocenters. The van der Waals surface area contributed by atoms with Crippen LogP contribution in [0, 0.1) is 19.8 Å². The minimum atomic E-state index is -0.196. The fourth-order valence-corrected chi connectivity index (χ4v) is 5.34. The summed E-state index contributed by atoms with van der Waals surface area (Å²) in [4.78, 5) is 18.6. The maximum Gasteiger partial charge on any atom is 0.291 e. The monoisotopic (exact) mass is 547 g/mol. The minimum Gasteiger partial charge on any atom is -0.493 e. The molecule has 0 amide bonds. The molecule has 0 aliphatic carbocycles. The number of nitrogens with zero attached hydrogens (tertiary/aromatic N) is 5. The van der Waals surface area contributed by atoms with Gasteiger partial charge in [-0.25, -0.2) is 4.68 Å². The fraction of sp³-hybridized carbons (Fsp3) is 0.188. The normalized spacial score (nSPS) is 12.1. The van der Waals surface area contributed by atoms with E-state index in [1.54, 1.807) is 0 Å². The zero-order valence-corrected chi connectivity index (χ0v) is 23.6. The van der Waals surface area contributed by atoms with Crippen molar-refractivity contribution in [3.05, 3.63) is 111 Å². The van der Waals surface area contributed by atoms with Crippen LogP contribution in [-0.4, -0.2) is 31.0 Å². The Bertz CT molecular complexity index is 1920. The first-order valence-electron chi connectivity index (χ1n) is 13.2. The lowest BCUT2D eigenvalue weighted by Crippen LogP contribution is -2.23. The van der Waals surface area contributed by atoms with Crippen LogP contribution < -0.4 is 14.8 Å². The van der Waals surface area contributed by atoms with E-state index in [0.29, 0.717) is 27.8 Å². The molecule has 0 N–H and O–H groups in total. The maximum atomic E-state index is 13.4. The summed E-state index contributed by atoms with van der Waals surface area (Å²) in [7, 11) is 0. The third-order valence-electron chi connectivity index (χ3n) is 6.56. The van der Waals surface area contributed by atoms with Gasteiger partial charge in [0.15, 0.2) is 5.82 Å². The lowest BCUT2D eigenvalue weighted by Gasteiger charge is -2.12. The van der Waals surface area contributed by atoms with E-state index in [0.717, 1.165) is 44.9 Å². The van der Waals surface area contributed by atoms with Gasteiger partial charge in [0.25, 0.3) is 5.56 Å². The van der Waals surface area contributed by atoms with Crippen LogP contribution in [0.1, 0.15) is 30.5 Å². The highest BCUT2D eigenvalue weighted by Crippen LogP contribution is 2.29. The Balaban J connectivity index is 1.44. The van der Waals surface area contributed by atoms with Crippen LogP contribution in [0.2, 0.25) is 0 Å². The smallest absolute Gasteiger partial charge is 0.291 e. The fourth-order valence-electron chi connectivity index (χ4n) is 4.45. The van der Waals surface area contributed by atoms with Gasteiger partial charge in [0.1, 0.15) is 11.4 Å². The Kier molecular flexibility index (Phi) is 6.77. The summed E-state index contributed by atoms with van der Waals surface area (Å²) in [6.45, 7) is 9.00. The van der Waals surface area contributed by atoms with Gasteiger partial charge in [0, 0.05) is 22.9 Å². The van der Waals surface area contributed by atoms with Crippen LogP contribution in [0.25, 0.3) is 39.4 Å². The number of fused-ring (bicyclic) bond motifs is 1. The van der Waals surface area contributed by atoms with Gasteiger partial charge in [-0.3, -0.25) is 4.79 Å². The summed E-state index contributed by atoms with van der Waals surface area (Å²) >= 11 is 1.33. The molecule has 3 heterocycles. The third kappa shape index (κ3) is 5.05. The Morgan fingerprint density at radius 3 is 2.40 bits per heavy atom. The predicted molar refractivity (Wildman–Crippen MR) is 160 cm³/mol. The molecule has 3 aromatic carbocycles. The number of hydrogen-bond acceptors (Lipinski definition) is 6. The van der Waals surface area contributed by atoms with Gasteiger partial charge in [-0.05, 0) is 61.7 Å². The molecule has 0 fully saturated rings. The average molecular weight is 548 g/mol. The topological polar surface area (TPSA) is 74.3 Å². The minimum absolute atomic E-state index is 0.196. The van der Waals surface area contributed by atoms with Crippen LogP contribution >= 0.6 is 11.3 Å². The Hall–Kier alpha value is -4.56. The van der Waals surface area contributed by atoms with Crippen LogP contribution in [0.15, 0.2) is 83.8 Å². The van der Waals surface area contributed by atoms with Crippen molar-refractivity contribution in [2.45, 2.75) is 27.7 Å². The van der Waals surface area contributed by atoms with Crippen molar-refractivity contribution in [2.24, 2.45) is 5.92 Å². The van der Waals surface area contributed by atoms with Crippen molar-refractivity contribution in [2.75, 3.05) is 6.61 Å². The van der Waals surface area contributed by atoms with E-state index < -0.39 is 0 Å². The van der Waals surface area contributed by atoms with Crippen molar-refractivity contribution in [3.8, 4) is 34.1 Å². The van der Waals surface area contributed by atoms with Crippen molar-refractivity contribution in [1.29, 1.82) is 0 Å². The zero-order valence-electron chi connectivity index (χ0n) is 22.8. The molecule has 3 aromatic heterocycles. The molecule has 0 saturated heterocycles. The van der Waals surface area contributed by atoms with Gasteiger partial charge in [0.05, 0.1) is 16.8 Å². The van der Waals surface area contributed by atoms with Crippen molar-refractivity contribution in [1.82, 2.24) is 24.4 Å². The number of aryl methyl sites for hydroxylation is 2. The Morgan fingerprint density at radius 1 is 0.950 bits per heavy atom. The predicted octanol–water partition coefficient (Wildman–Crippen LogP) is 5.87. The summed E-state index contributed by atoms with van der Waals surface area (Å²) in [5.74, 6) is 1.85. The Morgan fingerprint density at radius 2 is 1.70 bits per heavy atom. The first-order valence-corrected chi connectivity index (χ1v) is 14.0. The van der Waals surface area contributed by atoms with E-state index in [1.165, 1.54) is 15.9 Å². The van der Waals surface area contributed by atoms with E-state index in [2.05, 4.69) is 30.0 Å². The Labute approximate surface area is 236 Å². The molecule has 0 unspecified atom stereocenters. The molecular formula is C32H29N5O2S. The summed E-state index contributed by atoms with van der Waals surface area (Å²) in [5.41, 5.74) is 6.37. The lowest BCUT2D eigenvalue weighted by atomic mass is 10.0. The van der Waals surface area contributed by atoms with E-state index in [9.17, 15) is 4.79 Å². The number of rotatable bonds is 7. The molecule has 0 bridgehead atoms. The molecule has 8 heteroatoms. The van der Waals surface area contributed by atoms with Gasteiger partial charge >= 0.3 is 0 Å². The van der Waals surface area contributed by atoms with Crippen molar-refractivity contribution in [3.63, 3.8) is 0 Å². The summed E-state index contributed by atoms with van der Waals surface area (Å²) in [6, 6.07) is 24.0. The second-order valence-corrected chi connectivity index (χ2v) is 11.3. The highest BCUT2D eigenvalue weighted by Gasteiger charge is 2.16. The first kappa shape index (κ1) is 25.7. The van der Waals surface area contributed by atoms with Gasteiger partial charge in [-0.1, -0.05) is 73.2 Å². The number of thiazole rings is 1. The summed E-state index contributed by atoms with van der Waals surface area (Å²) in [6.07, 6.45) is 3.84. The van der Waals surface area contributed by atoms with Crippen LogP contribution in [0.4, 0.5) is 0 Å². The van der Waals surface area contributed by atoms with Gasteiger partial charge in [-0.2, -0.15) is 14.6 Å². The van der Waals surface area contributed by atoms with Gasteiger partial charge in [0.2, 0.25) is 4.96 Å². The molecule has 6 rings (SSSR count). The van der Waals surface area contributed by atoms with Crippen LogP contribution in [0.3, 0.4) is 0 Å². The summed E-state index contributed by atoms with van der Waals surface area (Å²) in [5, 5.41) is 9.44. The second-order valence-electron chi connectivity index (χ2n) is 10.3. The number of benzene rings is 3. The highest BCUT2D eigenvalue weighted by molar-refractivity contribution is 7.15. The molecule has 0 saturated carbocycles. The maximum absolute atomic E-state index is 13.4. The average Bonchev–Trinajstić information content (AvgIpc) is 3.64. The third-order valence-corrected chi connectivity index (χ3v) is 7.52. The molecule has 7 nitrogen and oxygen atoms in total. The second kappa shape index (κ2) is 10.5. The number of ether oxygens (including phenoxy) is 1. The molecule has 0 aliphatic rings. The first-order chi connectivity index (χ1) is 19.4. The van der Waals surface area contributed by atoms with E-state index in [-0.39, 0.29) is 5.56 Å². The molecule has 0 aliphatic heterocycles. The van der Waals surface area contributed by atoms with Crippen molar-refractivity contribution < 1.29 is 4.74 Å². The quantitative estimate of drug-likeness (QED) is 0.250. The van der Waals surface area contributed by atoms with E-state index in [1.807, 2.05) is 97.5 Å². The highest BCUT2D eigenvalue weighted by atomic mass is 32.1. The molecular weight excluding hydrogens is 518 g/mol. The van der Waals surface area contributed by atoms with Gasteiger partial charge in [-0.15, -0.1) is 5.10 Å². The molecule has 40 heavy (non-hydrogen) atoms.